The highest BCUT2D eigenvalue weighted by Gasteiger charge is 2.66. The SMILES string of the molecule is CN(C)[C@@H]1C(=O)C(C(=O)NCNCCCC(=O)O)=C(O)[C@]2(O)C(=O)C3=C(O)c4c(O)cccc4[C@](C)(O)[C@H]3C[C@@H]12. The van der Waals surface area contributed by atoms with E-state index in [2.05, 4.69) is 10.6 Å². The summed E-state index contributed by atoms with van der Waals surface area (Å²) in [4.78, 5) is 52.7. The third kappa shape index (κ3) is 4.35. The van der Waals surface area contributed by atoms with Gasteiger partial charge in [-0.1, -0.05) is 12.1 Å². The Balaban J connectivity index is 1.77. The molecule has 0 bridgehead atoms. The summed E-state index contributed by atoms with van der Waals surface area (Å²) in [5.74, 6) is -8.78. The number of hydrogen-bond donors (Lipinski definition) is 8. The molecule has 216 valence electrons. The number of likely N-dealkylation sites (N-methyl/N-ethyl adjacent to an activating group) is 1. The lowest BCUT2D eigenvalue weighted by atomic mass is 9.54. The van der Waals surface area contributed by atoms with Crippen LogP contribution in [0.4, 0.5) is 0 Å². The molecular weight excluding hydrogens is 526 g/mol. The quantitative estimate of drug-likeness (QED) is 0.117. The molecule has 40 heavy (non-hydrogen) atoms. The molecule has 0 radical (unpaired) electrons. The van der Waals surface area contributed by atoms with Crippen molar-refractivity contribution in [2.24, 2.45) is 11.8 Å². The van der Waals surface area contributed by atoms with Gasteiger partial charge in [-0.05, 0) is 52.0 Å². The molecule has 13 heteroatoms. The Bertz CT molecular complexity index is 1350. The van der Waals surface area contributed by atoms with Gasteiger partial charge in [0.25, 0.3) is 5.91 Å². The van der Waals surface area contributed by atoms with Crippen LogP contribution in [0.15, 0.2) is 35.1 Å². The first-order valence-electron chi connectivity index (χ1n) is 12.8. The number of aliphatic hydroxyl groups is 4. The molecule has 0 spiro atoms. The molecule has 5 atom stereocenters. The predicted octanol–water partition coefficient (Wildman–Crippen LogP) is -0.328. The summed E-state index contributed by atoms with van der Waals surface area (Å²) in [6.07, 6.45) is -0.0490. The molecule has 0 saturated heterocycles. The van der Waals surface area contributed by atoms with Crippen LogP contribution in [-0.4, -0.2) is 97.9 Å². The van der Waals surface area contributed by atoms with Gasteiger partial charge in [-0.15, -0.1) is 0 Å². The number of amides is 1. The molecule has 1 saturated carbocycles. The number of rotatable bonds is 8. The van der Waals surface area contributed by atoms with Crippen LogP contribution >= 0.6 is 0 Å². The minimum absolute atomic E-state index is 0.0920. The Morgan fingerprint density at radius 1 is 1.12 bits per heavy atom. The number of nitrogens with zero attached hydrogens (tertiary/aromatic N) is 1. The molecular formula is C27H33N3O10. The van der Waals surface area contributed by atoms with Gasteiger partial charge in [-0.2, -0.15) is 0 Å². The average Bonchev–Trinajstić information content (AvgIpc) is 2.86. The molecule has 1 aromatic carbocycles. The number of Topliss-reactive ketones (excluding diaryl/α,β-unsaturated/α-hetero) is 2. The van der Waals surface area contributed by atoms with Gasteiger partial charge in [-0.25, -0.2) is 0 Å². The van der Waals surface area contributed by atoms with Crippen molar-refractivity contribution in [1.29, 1.82) is 0 Å². The van der Waals surface area contributed by atoms with Crippen molar-refractivity contribution in [2.45, 2.75) is 43.4 Å². The molecule has 1 aromatic rings. The van der Waals surface area contributed by atoms with E-state index in [4.69, 9.17) is 5.11 Å². The van der Waals surface area contributed by atoms with Crippen molar-refractivity contribution < 1.29 is 49.8 Å². The summed E-state index contributed by atoms with van der Waals surface area (Å²) in [6, 6.07) is 2.94. The number of nitrogens with one attached hydrogen (secondary N) is 2. The zero-order valence-electron chi connectivity index (χ0n) is 22.3. The normalized spacial score (nSPS) is 29.7. The van der Waals surface area contributed by atoms with Gasteiger partial charge in [0, 0.05) is 23.8 Å². The molecule has 0 heterocycles. The maximum absolute atomic E-state index is 14.0. The van der Waals surface area contributed by atoms with Crippen molar-refractivity contribution in [2.75, 3.05) is 27.3 Å². The lowest BCUT2D eigenvalue weighted by molar-refractivity contribution is -0.159. The van der Waals surface area contributed by atoms with E-state index in [-0.39, 0.29) is 43.6 Å². The predicted molar refractivity (Wildman–Crippen MR) is 139 cm³/mol. The van der Waals surface area contributed by atoms with Gasteiger partial charge in [0.05, 0.1) is 23.9 Å². The Kier molecular flexibility index (Phi) is 7.54. The topological polar surface area (TPSA) is 217 Å². The van der Waals surface area contributed by atoms with Crippen molar-refractivity contribution in [3.05, 3.63) is 46.2 Å². The smallest absolute Gasteiger partial charge is 0.303 e. The van der Waals surface area contributed by atoms with Crippen LogP contribution in [-0.2, 0) is 24.8 Å². The van der Waals surface area contributed by atoms with Crippen LogP contribution in [0.1, 0.15) is 37.3 Å². The number of ketones is 2. The summed E-state index contributed by atoms with van der Waals surface area (Å²) in [5, 5.41) is 70.0. The molecule has 8 N–H and O–H groups in total. The van der Waals surface area contributed by atoms with E-state index in [9.17, 15) is 44.7 Å². The van der Waals surface area contributed by atoms with E-state index in [0.717, 1.165) is 0 Å². The van der Waals surface area contributed by atoms with Crippen LogP contribution in [0.2, 0.25) is 0 Å². The molecule has 3 aliphatic rings. The summed E-state index contributed by atoms with van der Waals surface area (Å²) in [7, 11) is 3.01. The van der Waals surface area contributed by atoms with Crippen LogP contribution in [0, 0.1) is 11.8 Å². The van der Waals surface area contributed by atoms with Gasteiger partial charge in [0.15, 0.2) is 11.4 Å². The van der Waals surface area contributed by atoms with E-state index in [1.165, 1.54) is 44.1 Å². The molecule has 1 amide bonds. The largest absolute Gasteiger partial charge is 0.508 e. The summed E-state index contributed by atoms with van der Waals surface area (Å²) < 4.78 is 0. The number of carboxylic acid groups (broad SMARTS) is 1. The van der Waals surface area contributed by atoms with Gasteiger partial charge >= 0.3 is 5.97 Å². The van der Waals surface area contributed by atoms with Crippen molar-refractivity contribution in [3.63, 3.8) is 0 Å². The number of phenolic OH excluding ortho intramolecular Hbond substituents is 1. The molecule has 1 fully saturated rings. The highest BCUT2D eigenvalue weighted by molar-refractivity contribution is 6.25. The zero-order chi connectivity index (χ0) is 29.7. The molecule has 0 aromatic heterocycles. The van der Waals surface area contributed by atoms with Crippen LogP contribution in [0.25, 0.3) is 5.76 Å². The first-order valence-corrected chi connectivity index (χ1v) is 12.8. The summed E-state index contributed by atoms with van der Waals surface area (Å²) >= 11 is 0. The van der Waals surface area contributed by atoms with Crippen molar-refractivity contribution in [3.8, 4) is 5.75 Å². The Labute approximate surface area is 229 Å². The first-order chi connectivity index (χ1) is 18.7. The van der Waals surface area contributed by atoms with E-state index in [0.29, 0.717) is 0 Å². The number of benzene rings is 1. The van der Waals surface area contributed by atoms with E-state index < -0.39 is 80.9 Å². The maximum atomic E-state index is 14.0. The van der Waals surface area contributed by atoms with Gasteiger partial charge in [0.1, 0.15) is 22.8 Å². The second-order valence-electron chi connectivity index (χ2n) is 10.8. The van der Waals surface area contributed by atoms with Gasteiger partial charge in [-0.3, -0.25) is 29.4 Å². The minimum atomic E-state index is -2.80. The second-order valence-corrected chi connectivity index (χ2v) is 10.8. The van der Waals surface area contributed by atoms with E-state index in [1.807, 2.05) is 0 Å². The number of aliphatic hydroxyl groups excluding tert-OH is 2. The highest BCUT2D eigenvalue weighted by atomic mass is 16.4. The number of carbonyl (C=O) groups is 4. The Morgan fingerprint density at radius 3 is 2.42 bits per heavy atom. The molecule has 0 aliphatic heterocycles. The fourth-order valence-electron chi connectivity index (χ4n) is 6.17. The second kappa shape index (κ2) is 10.3. The number of aromatic hydroxyl groups is 1. The molecule has 0 unspecified atom stereocenters. The van der Waals surface area contributed by atoms with Gasteiger partial charge in [0.2, 0.25) is 5.78 Å². The molecule has 13 nitrogen and oxygen atoms in total. The number of phenols is 1. The Hall–Kier alpha value is -3.78. The number of carboxylic acids is 1. The van der Waals surface area contributed by atoms with E-state index in [1.54, 1.807) is 0 Å². The fraction of sp³-hybridized carbons (Fsp3) is 0.481. The molecule has 4 rings (SSSR count). The Morgan fingerprint density at radius 2 is 1.80 bits per heavy atom. The maximum Gasteiger partial charge on any atom is 0.303 e. The number of fused-ring (bicyclic) bond motifs is 3. The lowest BCUT2D eigenvalue weighted by Gasteiger charge is -2.53. The van der Waals surface area contributed by atoms with Crippen LogP contribution in [0.3, 0.4) is 0 Å². The zero-order valence-corrected chi connectivity index (χ0v) is 22.3. The van der Waals surface area contributed by atoms with Crippen LogP contribution < -0.4 is 10.6 Å². The van der Waals surface area contributed by atoms with E-state index >= 15 is 0 Å². The number of hydrogen-bond acceptors (Lipinski definition) is 11. The fourth-order valence-corrected chi connectivity index (χ4v) is 6.17. The third-order valence-electron chi connectivity index (χ3n) is 8.12. The third-order valence-corrected chi connectivity index (χ3v) is 8.12. The lowest BCUT2D eigenvalue weighted by Crippen LogP contribution is -2.67. The summed E-state index contributed by atoms with van der Waals surface area (Å²) in [5.41, 5.74) is -5.92. The minimum Gasteiger partial charge on any atom is -0.508 e. The van der Waals surface area contributed by atoms with Crippen LogP contribution in [0.5, 0.6) is 5.75 Å². The summed E-state index contributed by atoms with van der Waals surface area (Å²) in [6.45, 7) is 1.44. The number of aliphatic carboxylic acids is 1. The van der Waals surface area contributed by atoms with Crippen molar-refractivity contribution >= 4 is 29.2 Å². The monoisotopic (exact) mass is 559 g/mol. The number of carbonyl (C=O) groups excluding carboxylic acids is 3. The molecule has 3 aliphatic carbocycles. The van der Waals surface area contributed by atoms with Gasteiger partial charge < -0.3 is 36.0 Å². The standard InChI is InChI=1S/C27H33N3O10/c1-26(39)12-6-4-7-15(31)17(12)21(34)18-13(26)10-14-20(30(2)3)22(35)19(24(37)27(14,40)23(18)36)25(38)29-11-28-9-5-8-16(32)33/h4,6-7,13-14,20,28,31,34,37,39-40H,5,8-11H2,1-3H3,(H,29,38)(H,32,33)/t13-,14-,20-,26-,27+/m0/s1. The van der Waals surface area contributed by atoms with Crippen molar-refractivity contribution in [1.82, 2.24) is 15.5 Å². The first kappa shape index (κ1) is 29.2. The highest BCUT2D eigenvalue weighted by Crippen LogP contribution is 2.57. The average molecular weight is 560 g/mol.